The Morgan fingerprint density at radius 1 is 0.630 bits per heavy atom. The van der Waals surface area contributed by atoms with E-state index in [-0.39, 0.29) is 49.2 Å². The van der Waals surface area contributed by atoms with Crippen molar-refractivity contribution < 1.29 is 33.4 Å². The molecule has 13 heteroatoms. The van der Waals surface area contributed by atoms with Gasteiger partial charge >= 0.3 is 0 Å². The van der Waals surface area contributed by atoms with Crippen LogP contribution in [0.25, 0.3) is 11.1 Å². The number of ether oxygens (including phenoxy) is 2. The van der Waals surface area contributed by atoms with Gasteiger partial charge in [0.2, 0.25) is 29.5 Å². The van der Waals surface area contributed by atoms with Crippen molar-refractivity contribution in [3.05, 3.63) is 60.2 Å². The second-order valence-electron chi connectivity index (χ2n) is 10.6. The van der Waals surface area contributed by atoms with E-state index in [0.717, 1.165) is 16.7 Å². The minimum Gasteiger partial charge on any atom is -0.377 e. The molecule has 0 spiro atoms. The number of hydrogen-bond acceptors (Lipinski definition) is 8. The lowest BCUT2D eigenvalue weighted by molar-refractivity contribution is -0.128. The van der Waals surface area contributed by atoms with Gasteiger partial charge in [-0.3, -0.25) is 28.9 Å². The molecular weight excluding hydrogens is 592 g/mol. The number of carbonyl (C=O) groups is 5. The van der Waals surface area contributed by atoms with Crippen molar-refractivity contribution in [3.8, 4) is 11.1 Å². The minimum absolute atomic E-state index is 0.122. The normalized spacial score (nSPS) is 11.4. The fraction of sp³-hybridized carbons (Fsp3) is 0.485. The van der Waals surface area contributed by atoms with Crippen LogP contribution in [0.1, 0.15) is 26.3 Å². The van der Waals surface area contributed by atoms with Crippen LogP contribution in [-0.4, -0.2) is 113 Å². The smallest absolute Gasteiger partial charge is 0.243 e. The molecule has 0 saturated carbocycles. The minimum atomic E-state index is -0.708. The van der Waals surface area contributed by atoms with Gasteiger partial charge in [-0.1, -0.05) is 54.6 Å². The molecule has 5 amide bonds. The number of hydrogen-bond donors (Lipinski definition) is 5. The Morgan fingerprint density at radius 2 is 1.17 bits per heavy atom. The summed E-state index contributed by atoms with van der Waals surface area (Å²) in [7, 11) is 0. The van der Waals surface area contributed by atoms with E-state index in [1.165, 1.54) is 20.8 Å². The summed E-state index contributed by atoms with van der Waals surface area (Å²) in [5.41, 5.74) is 3.11. The largest absolute Gasteiger partial charge is 0.377 e. The van der Waals surface area contributed by atoms with Gasteiger partial charge in [-0.25, -0.2) is 0 Å². The van der Waals surface area contributed by atoms with E-state index in [4.69, 9.17) is 9.47 Å². The van der Waals surface area contributed by atoms with Crippen molar-refractivity contribution in [2.75, 3.05) is 72.2 Å². The Hall–Kier alpha value is -4.33. The predicted molar refractivity (Wildman–Crippen MR) is 175 cm³/mol. The van der Waals surface area contributed by atoms with E-state index < -0.39 is 6.04 Å². The highest BCUT2D eigenvalue weighted by Gasteiger charge is 2.19. The van der Waals surface area contributed by atoms with Gasteiger partial charge in [-0.05, 0) is 16.7 Å². The van der Waals surface area contributed by atoms with E-state index >= 15 is 0 Å². The van der Waals surface area contributed by atoms with Gasteiger partial charge in [-0.2, -0.15) is 0 Å². The molecule has 0 bridgehead atoms. The maximum atomic E-state index is 12.8. The summed E-state index contributed by atoms with van der Waals surface area (Å²) in [5.74, 6) is -1.06. The molecule has 0 fully saturated rings. The molecule has 0 saturated heterocycles. The molecule has 2 rings (SSSR count). The van der Waals surface area contributed by atoms with Gasteiger partial charge < -0.3 is 36.1 Å². The third-order valence-corrected chi connectivity index (χ3v) is 6.65. The summed E-state index contributed by atoms with van der Waals surface area (Å²) in [6.45, 7) is 7.90. The van der Waals surface area contributed by atoms with Crippen LogP contribution in [0.15, 0.2) is 54.6 Å². The summed E-state index contributed by atoms with van der Waals surface area (Å²) in [6, 6.07) is 17.2. The molecule has 2 aromatic rings. The molecule has 252 valence electrons. The van der Waals surface area contributed by atoms with Crippen LogP contribution in [0.3, 0.4) is 0 Å². The highest BCUT2D eigenvalue weighted by atomic mass is 16.5. The SMILES string of the molecule is CC(=O)NCCN(CCNC(C)=O)CC(=O)NCCOCCOCCNC(=O)[C@H](Cc1ccc(-c2ccccc2)cc1)NC(C)=O. The molecule has 0 aliphatic heterocycles. The van der Waals surface area contributed by atoms with Crippen LogP contribution in [0, 0.1) is 0 Å². The molecule has 0 unspecified atom stereocenters. The first-order chi connectivity index (χ1) is 22.1. The van der Waals surface area contributed by atoms with Crippen LogP contribution in [0.2, 0.25) is 0 Å². The van der Waals surface area contributed by atoms with Gasteiger partial charge in [-0.15, -0.1) is 0 Å². The van der Waals surface area contributed by atoms with E-state index in [9.17, 15) is 24.0 Å². The zero-order valence-corrected chi connectivity index (χ0v) is 27.1. The second-order valence-corrected chi connectivity index (χ2v) is 10.6. The van der Waals surface area contributed by atoms with Gasteiger partial charge in [0.1, 0.15) is 6.04 Å². The summed E-state index contributed by atoms with van der Waals surface area (Å²) in [5, 5.41) is 13.7. The van der Waals surface area contributed by atoms with Gasteiger partial charge in [0, 0.05) is 66.5 Å². The molecular formula is C33H48N6O7. The third kappa shape index (κ3) is 17.2. The van der Waals surface area contributed by atoms with Crippen molar-refractivity contribution in [3.63, 3.8) is 0 Å². The molecule has 0 aliphatic carbocycles. The second kappa shape index (κ2) is 22.2. The van der Waals surface area contributed by atoms with Crippen molar-refractivity contribution in [1.82, 2.24) is 31.5 Å². The van der Waals surface area contributed by atoms with Gasteiger partial charge in [0.25, 0.3) is 0 Å². The number of rotatable bonds is 22. The molecule has 0 radical (unpaired) electrons. The maximum absolute atomic E-state index is 12.8. The number of carbonyl (C=O) groups excluding carboxylic acids is 5. The fourth-order valence-corrected chi connectivity index (χ4v) is 4.42. The van der Waals surface area contributed by atoms with Gasteiger partial charge in [0.05, 0.1) is 33.0 Å². The standard InChI is InChI=1S/C33H48N6O7/c1-25(40)34-13-17-39(18-14-35-26(2)41)24-32(43)36-15-19-45-21-22-46-20-16-37-33(44)31(38-27(3)42)23-28-9-11-30(12-10-28)29-7-5-4-6-8-29/h4-12,31H,13-24H2,1-3H3,(H,34,40)(H,35,41)(H,36,43)(H,37,44)(H,38,42)/t31-/m0/s1. The summed E-state index contributed by atoms with van der Waals surface area (Å²) in [6.07, 6.45) is 0.359. The third-order valence-electron chi connectivity index (χ3n) is 6.65. The van der Waals surface area contributed by atoms with Crippen LogP contribution >= 0.6 is 0 Å². The molecule has 0 aromatic heterocycles. The van der Waals surface area contributed by atoms with Crippen molar-refractivity contribution >= 4 is 29.5 Å². The monoisotopic (exact) mass is 640 g/mol. The average molecular weight is 641 g/mol. The molecule has 5 N–H and O–H groups in total. The lowest BCUT2D eigenvalue weighted by atomic mass is 10.0. The predicted octanol–water partition coefficient (Wildman–Crippen LogP) is 0.241. The Bertz CT molecular complexity index is 1210. The lowest BCUT2D eigenvalue weighted by Gasteiger charge is -2.22. The molecule has 0 heterocycles. The molecule has 2 aromatic carbocycles. The summed E-state index contributed by atoms with van der Waals surface area (Å²) >= 11 is 0. The van der Waals surface area contributed by atoms with Crippen LogP contribution in [-0.2, 0) is 39.9 Å². The zero-order chi connectivity index (χ0) is 33.6. The average Bonchev–Trinajstić information content (AvgIpc) is 3.01. The van der Waals surface area contributed by atoms with E-state index in [1.54, 1.807) is 0 Å². The molecule has 46 heavy (non-hydrogen) atoms. The van der Waals surface area contributed by atoms with Crippen LogP contribution in [0.4, 0.5) is 0 Å². The fourth-order valence-electron chi connectivity index (χ4n) is 4.42. The first kappa shape index (κ1) is 37.9. The van der Waals surface area contributed by atoms with E-state index in [2.05, 4.69) is 26.6 Å². The lowest BCUT2D eigenvalue weighted by Crippen LogP contribution is -2.48. The Kier molecular flexibility index (Phi) is 18.3. The van der Waals surface area contributed by atoms with Crippen LogP contribution in [0.5, 0.6) is 0 Å². The van der Waals surface area contributed by atoms with Crippen molar-refractivity contribution in [1.29, 1.82) is 0 Å². The number of benzene rings is 2. The van der Waals surface area contributed by atoms with Crippen LogP contribution < -0.4 is 26.6 Å². The van der Waals surface area contributed by atoms with Crippen molar-refractivity contribution in [2.24, 2.45) is 0 Å². The number of nitrogens with zero attached hydrogens (tertiary/aromatic N) is 1. The Labute approximate surface area is 271 Å². The number of nitrogens with one attached hydrogen (secondary N) is 5. The van der Waals surface area contributed by atoms with Gasteiger partial charge in [0.15, 0.2) is 0 Å². The Morgan fingerprint density at radius 3 is 1.72 bits per heavy atom. The highest BCUT2D eigenvalue weighted by molar-refractivity contribution is 5.87. The molecule has 0 aliphatic rings. The topological polar surface area (TPSA) is 167 Å². The zero-order valence-electron chi connectivity index (χ0n) is 27.1. The van der Waals surface area contributed by atoms with Crippen molar-refractivity contribution in [2.45, 2.75) is 33.2 Å². The molecule has 13 nitrogen and oxygen atoms in total. The first-order valence-corrected chi connectivity index (χ1v) is 15.5. The van der Waals surface area contributed by atoms with E-state index in [1.807, 2.05) is 59.5 Å². The maximum Gasteiger partial charge on any atom is 0.243 e. The highest BCUT2D eigenvalue weighted by Crippen LogP contribution is 2.19. The summed E-state index contributed by atoms with van der Waals surface area (Å²) < 4.78 is 11.0. The molecule has 1 atom stereocenters. The quantitative estimate of drug-likeness (QED) is 0.114. The number of amides is 5. The summed E-state index contributed by atoms with van der Waals surface area (Å²) in [4.78, 5) is 60.9. The van der Waals surface area contributed by atoms with E-state index in [0.29, 0.717) is 59.0 Å². The first-order valence-electron chi connectivity index (χ1n) is 15.5. The Balaban J connectivity index is 1.60.